The number of hydrogen-bond acceptors (Lipinski definition) is 6. The minimum absolute atomic E-state index is 0.0435. The Hall–Kier alpha value is -2.12. The first-order chi connectivity index (χ1) is 9.83. The van der Waals surface area contributed by atoms with Crippen LogP contribution in [0, 0.1) is 10.1 Å². The lowest BCUT2D eigenvalue weighted by molar-refractivity contribution is -0.384. The topological polar surface area (TPSA) is 90.5 Å². The molecule has 0 aliphatic carbocycles. The van der Waals surface area contributed by atoms with Gasteiger partial charge in [-0.3, -0.25) is 14.9 Å². The van der Waals surface area contributed by atoms with Gasteiger partial charge in [-0.25, -0.2) is 4.68 Å². The maximum Gasteiger partial charge on any atom is 0.334 e. The molecule has 1 aromatic heterocycles. The molecule has 0 atom stereocenters. The molecule has 118 valence electrons. The third-order valence-electron chi connectivity index (χ3n) is 3.08. The van der Waals surface area contributed by atoms with Crippen LogP contribution >= 0.6 is 0 Å². The second kappa shape index (κ2) is 7.05. The van der Waals surface area contributed by atoms with Crippen molar-refractivity contribution in [3.63, 3.8) is 0 Å². The number of nitrogens with zero attached hydrogens (tertiary/aromatic N) is 4. The summed E-state index contributed by atoms with van der Waals surface area (Å²) < 4.78 is 6.39. The van der Waals surface area contributed by atoms with Gasteiger partial charge < -0.3 is 9.64 Å². The number of aromatic nitrogens is 2. The molecule has 8 nitrogen and oxygen atoms in total. The van der Waals surface area contributed by atoms with E-state index in [4.69, 9.17) is 4.74 Å². The third kappa shape index (κ3) is 3.71. The van der Waals surface area contributed by atoms with Crippen LogP contribution in [-0.4, -0.2) is 39.9 Å². The number of hydrogen-bond donors (Lipinski definition) is 0. The Bertz CT molecular complexity index is 524. The summed E-state index contributed by atoms with van der Waals surface area (Å²) in [4.78, 5) is 24.3. The zero-order valence-corrected chi connectivity index (χ0v) is 13.1. The Balaban J connectivity index is 3.28. The number of rotatable bonds is 7. The van der Waals surface area contributed by atoms with E-state index < -0.39 is 10.9 Å². The Morgan fingerprint density at radius 1 is 1.48 bits per heavy atom. The van der Waals surface area contributed by atoms with E-state index in [1.165, 1.54) is 4.68 Å². The summed E-state index contributed by atoms with van der Waals surface area (Å²) in [5.74, 6) is -0.0837. The molecule has 8 heteroatoms. The van der Waals surface area contributed by atoms with Gasteiger partial charge in [-0.15, -0.1) is 0 Å². The number of anilines is 1. The molecule has 0 fully saturated rings. The van der Waals surface area contributed by atoms with Crippen molar-refractivity contribution in [1.29, 1.82) is 0 Å². The van der Waals surface area contributed by atoms with Gasteiger partial charge in [0, 0.05) is 13.1 Å². The largest absolute Gasteiger partial charge is 0.465 e. The van der Waals surface area contributed by atoms with E-state index in [9.17, 15) is 14.9 Å². The zero-order chi connectivity index (χ0) is 16.2. The highest BCUT2D eigenvalue weighted by Gasteiger charge is 2.32. The maximum atomic E-state index is 11.7. The van der Waals surface area contributed by atoms with Gasteiger partial charge in [0.25, 0.3) is 0 Å². The van der Waals surface area contributed by atoms with Crippen molar-refractivity contribution >= 4 is 17.5 Å². The highest BCUT2D eigenvalue weighted by atomic mass is 16.6. The summed E-state index contributed by atoms with van der Waals surface area (Å²) in [5.41, 5.74) is 0.366. The van der Waals surface area contributed by atoms with E-state index in [1.54, 1.807) is 18.9 Å². The van der Waals surface area contributed by atoms with E-state index in [2.05, 4.69) is 5.10 Å². The molecule has 0 aliphatic rings. The van der Waals surface area contributed by atoms with Crippen LogP contribution in [0.15, 0.2) is 0 Å². The molecular formula is C13H22N4O4. The average molecular weight is 298 g/mol. The summed E-state index contributed by atoms with van der Waals surface area (Å²) in [5, 5.41) is 15.6. The average Bonchev–Trinajstić information content (AvgIpc) is 2.72. The van der Waals surface area contributed by atoms with Gasteiger partial charge in [-0.2, -0.15) is 5.10 Å². The number of carbonyl (C=O) groups is 1. The van der Waals surface area contributed by atoms with Crippen LogP contribution in [0.3, 0.4) is 0 Å². The van der Waals surface area contributed by atoms with E-state index in [-0.39, 0.29) is 24.9 Å². The quantitative estimate of drug-likeness (QED) is 0.432. The summed E-state index contributed by atoms with van der Waals surface area (Å²) in [6.07, 6.45) is 0.454. The highest BCUT2D eigenvalue weighted by molar-refractivity contribution is 5.77. The van der Waals surface area contributed by atoms with Crippen LogP contribution in [-0.2, 0) is 23.0 Å². The summed E-state index contributed by atoms with van der Waals surface area (Å²) in [6.45, 7) is 7.49. The zero-order valence-electron chi connectivity index (χ0n) is 13.1. The molecule has 0 bridgehead atoms. The highest BCUT2D eigenvalue weighted by Crippen LogP contribution is 2.32. The Morgan fingerprint density at radius 3 is 2.52 bits per heavy atom. The van der Waals surface area contributed by atoms with Crippen molar-refractivity contribution in [3.05, 3.63) is 15.8 Å². The standard InChI is InChI=1S/C13H22N4O4/c1-6-10-12(17(19)20)13(15(5)14-10)16(9(3)4)8-11(18)21-7-2/h9H,6-8H2,1-5H3. The molecule has 1 heterocycles. The predicted octanol–water partition coefficient (Wildman–Crippen LogP) is 1.67. The van der Waals surface area contributed by atoms with Crippen LogP contribution < -0.4 is 4.90 Å². The van der Waals surface area contributed by atoms with Crippen LogP contribution in [0.4, 0.5) is 11.5 Å². The lowest BCUT2D eigenvalue weighted by Gasteiger charge is -2.26. The number of ether oxygens (including phenoxy) is 1. The molecule has 1 aromatic rings. The fraction of sp³-hybridized carbons (Fsp3) is 0.692. The molecule has 0 aromatic carbocycles. The van der Waals surface area contributed by atoms with Gasteiger partial charge in [-0.1, -0.05) is 6.92 Å². The second-order valence-corrected chi connectivity index (χ2v) is 4.88. The maximum absolute atomic E-state index is 11.7. The van der Waals surface area contributed by atoms with Gasteiger partial charge in [0.1, 0.15) is 12.2 Å². The number of esters is 1. The molecule has 0 unspecified atom stereocenters. The van der Waals surface area contributed by atoms with Crippen molar-refractivity contribution in [3.8, 4) is 0 Å². The molecule has 1 rings (SSSR count). The van der Waals surface area contributed by atoms with Gasteiger partial charge in [0.05, 0.1) is 11.5 Å². The van der Waals surface area contributed by atoms with E-state index in [0.717, 1.165) is 0 Å². The second-order valence-electron chi connectivity index (χ2n) is 4.88. The lowest BCUT2D eigenvalue weighted by atomic mass is 10.2. The molecule has 21 heavy (non-hydrogen) atoms. The predicted molar refractivity (Wildman–Crippen MR) is 78.4 cm³/mol. The first-order valence-electron chi connectivity index (χ1n) is 6.95. The fourth-order valence-corrected chi connectivity index (χ4v) is 2.15. The Labute approximate surface area is 123 Å². The molecule has 0 spiro atoms. The third-order valence-corrected chi connectivity index (χ3v) is 3.08. The van der Waals surface area contributed by atoms with Gasteiger partial charge in [0.15, 0.2) is 0 Å². The first kappa shape index (κ1) is 16.9. The van der Waals surface area contributed by atoms with Crippen LogP contribution in [0.1, 0.15) is 33.4 Å². The molecule has 0 saturated heterocycles. The van der Waals surface area contributed by atoms with E-state index in [0.29, 0.717) is 17.9 Å². The van der Waals surface area contributed by atoms with Crippen molar-refractivity contribution in [2.24, 2.45) is 7.05 Å². The first-order valence-corrected chi connectivity index (χ1v) is 6.95. The molecule has 0 amide bonds. The Kier molecular flexibility index (Phi) is 5.69. The molecule has 0 radical (unpaired) electrons. The van der Waals surface area contributed by atoms with Gasteiger partial charge >= 0.3 is 11.7 Å². The van der Waals surface area contributed by atoms with E-state index >= 15 is 0 Å². The van der Waals surface area contributed by atoms with Crippen molar-refractivity contribution in [2.45, 2.75) is 40.2 Å². The summed E-state index contributed by atoms with van der Waals surface area (Å²) in [6, 6.07) is -0.104. The SMILES string of the molecule is CCOC(=O)CN(c1c([N+](=O)[O-])c(CC)nn1C)C(C)C. The number of nitro groups is 1. The summed E-state index contributed by atoms with van der Waals surface area (Å²) >= 11 is 0. The van der Waals surface area contributed by atoms with Crippen molar-refractivity contribution < 1.29 is 14.5 Å². The smallest absolute Gasteiger partial charge is 0.334 e. The van der Waals surface area contributed by atoms with E-state index in [1.807, 2.05) is 20.8 Å². The van der Waals surface area contributed by atoms with Crippen molar-refractivity contribution in [2.75, 3.05) is 18.1 Å². The Morgan fingerprint density at radius 2 is 2.10 bits per heavy atom. The molecular weight excluding hydrogens is 276 g/mol. The molecule has 0 aliphatic heterocycles. The van der Waals surface area contributed by atoms with Gasteiger partial charge in [0.2, 0.25) is 5.82 Å². The van der Waals surface area contributed by atoms with Gasteiger partial charge in [-0.05, 0) is 27.2 Å². The van der Waals surface area contributed by atoms with Crippen molar-refractivity contribution in [1.82, 2.24) is 9.78 Å². The monoisotopic (exact) mass is 298 g/mol. The minimum atomic E-state index is -0.443. The fourth-order valence-electron chi connectivity index (χ4n) is 2.15. The van der Waals surface area contributed by atoms with Crippen LogP contribution in [0.5, 0.6) is 0 Å². The molecule has 0 saturated carbocycles. The number of carbonyl (C=O) groups excluding carboxylic acids is 1. The normalized spacial score (nSPS) is 10.8. The van der Waals surface area contributed by atoms with Crippen LogP contribution in [0.25, 0.3) is 0 Å². The minimum Gasteiger partial charge on any atom is -0.465 e. The molecule has 0 N–H and O–H groups in total. The lowest BCUT2D eigenvalue weighted by Crippen LogP contribution is -2.38. The number of aryl methyl sites for hydroxylation is 2. The summed E-state index contributed by atoms with van der Waals surface area (Å²) in [7, 11) is 1.64. The van der Waals surface area contributed by atoms with Crippen LogP contribution in [0.2, 0.25) is 0 Å².